The van der Waals surface area contributed by atoms with E-state index in [4.69, 9.17) is 0 Å². The molecule has 5 atom stereocenters. The van der Waals surface area contributed by atoms with Gasteiger partial charge in [-0.05, 0) is 75.9 Å². The Morgan fingerprint density at radius 3 is 2.35 bits per heavy atom. The maximum Gasteiger partial charge on any atom is 0.00374 e. The van der Waals surface area contributed by atoms with Gasteiger partial charge >= 0.3 is 0 Å². The van der Waals surface area contributed by atoms with E-state index in [-0.39, 0.29) is 0 Å². The van der Waals surface area contributed by atoms with Crippen molar-refractivity contribution in [3.63, 3.8) is 0 Å². The molecule has 26 heavy (non-hydrogen) atoms. The Balaban J connectivity index is 1.76. The minimum atomic E-state index is 0.362. The van der Waals surface area contributed by atoms with E-state index >= 15 is 0 Å². The lowest BCUT2D eigenvalue weighted by Gasteiger charge is -2.74. The Kier molecular flexibility index (Phi) is 3.07. The van der Waals surface area contributed by atoms with E-state index in [9.17, 15) is 0 Å². The van der Waals surface area contributed by atoms with E-state index in [0.29, 0.717) is 27.6 Å². The van der Waals surface area contributed by atoms with Crippen LogP contribution >= 0.6 is 0 Å². The van der Waals surface area contributed by atoms with Crippen LogP contribution in [0.25, 0.3) is 5.57 Å². The summed E-state index contributed by atoms with van der Waals surface area (Å²) >= 11 is 0. The summed E-state index contributed by atoms with van der Waals surface area (Å²) in [4.78, 5) is 0. The van der Waals surface area contributed by atoms with Crippen LogP contribution in [0.5, 0.6) is 0 Å². The molecular formula is C26H36. The first-order chi connectivity index (χ1) is 12.0. The van der Waals surface area contributed by atoms with Crippen LogP contribution in [0.4, 0.5) is 0 Å². The fourth-order valence-corrected chi connectivity index (χ4v) is 8.92. The number of hydrogen-bond donors (Lipinski definition) is 0. The summed E-state index contributed by atoms with van der Waals surface area (Å²) in [7, 11) is 0. The topological polar surface area (TPSA) is 0 Å². The fourth-order valence-electron chi connectivity index (χ4n) is 8.92. The molecule has 0 amide bonds. The van der Waals surface area contributed by atoms with Crippen molar-refractivity contribution in [3.05, 3.63) is 41.0 Å². The molecule has 0 heterocycles. The maximum absolute atomic E-state index is 2.67. The zero-order valence-electron chi connectivity index (χ0n) is 17.9. The summed E-state index contributed by atoms with van der Waals surface area (Å²) in [6, 6.07) is 9.30. The van der Waals surface area contributed by atoms with Gasteiger partial charge in [-0.1, -0.05) is 78.3 Å². The molecule has 1 aromatic carbocycles. The minimum Gasteiger partial charge on any atom is -0.0619 e. The molecule has 3 fully saturated rings. The molecule has 140 valence electrons. The van der Waals surface area contributed by atoms with E-state index in [0.717, 1.165) is 11.8 Å². The second kappa shape index (κ2) is 4.68. The van der Waals surface area contributed by atoms with Crippen molar-refractivity contribution in [3.8, 4) is 0 Å². The van der Waals surface area contributed by atoms with Crippen molar-refractivity contribution < 1.29 is 0 Å². The predicted molar refractivity (Wildman–Crippen MR) is 111 cm³/mol. The van der Waals surface area contributed by atoms with Gasteiger partial charge in [0, 0.05) is 5.92 Å². The Morgan fingerprint density at radius 1 is 0.962 bits per heavy atom. The largest absolute Gasteiger partial charge is 0.0619 e. The molecule has 0 heteroatoms. The highest BCUT2D eigenvalue weighted by atomic mass is 14.7. The summed E-state index contributed by atoms with van der Waals surface area (Å²) in [5, 5.41) is 0. The van der Waals surface area contributed by atoms with Gasteiger partial charge in [-0.15, -0.1) is 0 Å². The molecule has 6 rings (SSSR count). The lowest BCUT2D eigenvalue weighted by atomic mass is 9.31. The summed E-state index contributed by atoms with van der Waals surface area (Å²) < 4.78 is 0. The zero-order valence-corrected chi connectivity index (χ0v) is 17.9. The Bertz CT molecular complexity index is 815. The van der Waals surface area contributed by atoms with Crippen molar-refractivity contribution in [1.82, 2.24) is 0 Å². The average molecular weight is 349 g/mol. The van der Waals surface area contributed by atoms with Gasteiger partial charge in [-0.3, -0.25) is 0 Å². The van der Waals surface area contributed by atoms with Crippen molar-refractivity contribution in [1.29, 1.82) is 0 Å². The number of benzene rings is 1. The van der Waals surface area contributed by atoms with Crippen LogP contribution in [-0.2, 0) is 0 Å². The SMILES string of the molecule is CC1C2=C(CCC3CC4(C)CC2(C)C3C(C)(C)C4(C)C)c2ccccc21. The van der Waals surface area contributed by atoms with Crippen LogP contribution in [-0.4, -0.2) is 0 Å². The van der Waals surface area contributed by atoms with Crippen LogP contribution in [0.3, 0.4) is 0 Å². The van der Waals surface area contributed by atoms with E-state index in [1.165, 1.54) is 25.7 Å². The first-order valence-electron chi connectivity index (χ1n) is 10.9. The highest BCUT2D eigenvalue weighted by Gasteiger charge is 2.71. The summed E-state index contributed by atoms with van der Waals surface area (Å²) in [6.07, 6.45) is 5.53. The van der Waals surface area contributed by atoms with E-state index in [1.807, 2.05) is 5.57 Å². The third-order valence-electron chi connectivity index (χ3n) is 10.4. The molecule has 5 unspecified atom stereocenters. The van der Waals surface area contributed by atoms with Gasteiger partial charge < -0.3 is 0 Å². The molecule has 5 aliphatic carbocycles. The van der Waals surface area contributed by atoms with Crippen molar-refractivity contribution in [2.24, 2.45) is 33.5 Å². The van der Waals surface area contributed by atoms with E-state index in [1.54, 1.807) is 16.7 Å². The van der Waals surface area contributed by atoms with Crippen molar-refractivity contribution >= 4 is 5.57 Å². The highest BCUT2D eigenvalue weighted by Crippen LogP contribution is 2.79. The standard InChI is InChI=1S/C26H36/c1-16-18-10-8-9-11-19(18)20-13-12-17-14-25(6)15-26(7,21(16)20)22(17)23(2,3)24(25,4)5/h8-11,16-17,22H,12-15H2,1-7H3. The van der Waals surface area contributed by atoms with Crippen LogP contribution in [0.2, 0.25) is 0 Å². The Hall–Kier alpha value is -1.04. The smallest absolute Gasteiger partial charge is 0.00374 e. The molecule has 0 nitrogen and oxygen atoms in total. The van der Waals surface area contributed by atoms with Crippen LogP contribution in [0.1, 0.15) is 91.2 Å². The molecule has 3 saturated carbocycles. The average Bonchev–Trinajstić information content (AvgIpc) is 2.79. The predicted octanol–water partition coefficient (Wildman–Crippen LogP) is 7.46. The summed E-state index contributed by atoms with van der Waals surface area (Å²) in [5.74, 6) is 2.31. The van der Waals surface area contributed by atoms with E-state index in [2.05, 4.69) is 72.7 Å². The van der Waals surface area contributed by atoms with Gasteiger partial charge in [-0.25, -0.2) is 0 Å². The number of allylic oxidation sites excluding steroid dienone is 2. The van der Waals surface area contributed by atoms with E-state index < -0.39 is 0 Å². The van der Waals surface area contributed by atoms with Gasteiger partial charge in [0.1, 0.15) is 0 Å². The quantitative estimate of drug-likeness (QED) is 0.456. The number of fused-ring (bicyclic) bond motifs is 3. The van der Waals surface area contributed by atoms with Gasteiger partial charge in [0.25, 0.3) is 0 Å². The van der Waals surface area contributed by atoms with Gasteiger partial charge in [-0.2, -0.15) is 0 Å². The molecule has 0 aromatic heterocycles. The van der Waals surface area contributed by atoms with Crippen molar-refractivity contribution in [2.45, 2.75) is 80.1 Å². The number of rotatable bonds is 0. The molecule has 0 N–H and O–H groups in total. The lowest BCUT2D eigenvalue weighted by Crippen LogP contribution is -2.67. The fraction of sp³-hybridized carbons (Fsp3) is 0.692. The lowest BCUT2D eigenvalue weighted by molar-refractivity contribution is -0.237. The molecule has 0 saturated heterocycles. The van der Waals surface area contributed by atoms with Gasteiger partial charge in [0.15, 0.2) is 0 Å². The molecule has 1 aromatic rings. The molecule has 0 spiro atoms. The molecule has 4 bridgehead atoms. The summed E-state index contributed by atoms with van der Waals surface area (Å²) in [6.45, 7) is 18.2. The second-order valence-corrected chi connectivity index (χ2v) is 11.7. The maximum atomic E-state index is 2.67. The van der Waals surface area contributed by atoms with Crippen LogP contribution in [0, 0.1) is 33.5 Å². The monoisotopic (exact) mass is 348 g/mol. The zero-order chi connectivity index (χ0) is 18.7. The third-order valence-corrected chi connectivity index (χ3v) is 10.4. The first kappa shape index (κ1) is 17.1. The number of hydrogen-bond acceptors (Lipinski definition) is 0. The Labute approximate surface area is 160 Å². The van der Waals surface area contributed by atoms with Crippen LogP contribution in [0.15, 0.2) is 29.8 Å². The first-order valence-corrected chi connectivity index (χ1v) is 10.9. The third kappa shape index (κ3) is 1.65. The van der Waals surface area contributed by atoms with Gasteiger partial charge in [0.2, 0.25) is 0 Å². The molecule has 0 aliphatic heterocycles. The second-order valence-electron chi connectivity index (χ2n) is 11.7. The van der Waals surface area contributed by atoms with Crippen molar-refractivity contribution in [2.75, 3.05) is 0 Å². The van der Waals surface area contributed by atoms with Gasteiger partial charge in [0.05, 0.1) is 0 Å². The summed E-state index contributed by atoms with van der Waals surface area (Å²) in [5.41, 5.74) is 8.35. The Morgan fingerprint density at radius 2 is 1.65 bits per heavy atom. The molecular weight excluding hydrogens is 312 g/mol. The van der Waals surface area contributed by atoms with Crippen LogP contribution < -0.4 is 0 Å². The molecule has 5 aliphatic rings. The molecule has 0 radical (unpaired) electrons. The normalized spacial score (nSPS) is 44.5. The highest BCUT2D eigenvalue weighted by molar-refractivity contribution is 5.80. The minimum absolute atomic E-state index is 0.362.